The average Bonchev–Trinajstić information content (AvgIpc) is 2.67. The van der Waals surface area contributed by atoms with Crippen LogP contribution in [-0.2, 0) is 9.59 Å². The number of ether oxygens (including phenoxy) is 2. The molecule has 0 saturated carbocycles. The molecule has 0 fully saturated rings. The molecule has 0 spiro atoms. The number of methoxy groups -OCH3 is 2. The quantitative estimate of drug-likeness (QED) is 0.746. The maximum absolute atomic E-state index is 12.4. The Morgan fingerprint density at radius 1 is 0.963 bits per heavy atom. The molecule has 2 amide bonds. The van der Waals surface area contributed by atoms with Crippen LogP contribution in [0.1, 0.15) is 6.92 Å². The molecular weight excluding hydrogens is 346 g/mol. The van der Waals surface area contributed by atoms with Crippen LogP contribution < -0.4 is 20.1 Å². The van der Waals surface area contributed by atoms with Crippen LogP contribution in [0.15, 0.2) is 48.5 Å². The van der Waals surface area contributed by atoms with E-state index in [0.29, 0.717) is 22.9 Å². The highest BCUT2D eigenvalue weighted by Gasteiger charge is 2.20. The molecule has 7 heteroatoms. The molecule has 0 aliphatic heterocycles. The molecule has 0 unspecified atom stereocenters. The van der Waals surface area contributed by atoms with E-state index in [1.165, 1.54) is 0 Å². The summed E-state index contributed by atoms with van der Waals surface area (Å²) in [4.78, 5) is 26.3. The molecule has 0 aromatic heterocycles. The van der Waals surface area contributed by atoms with Crippen LogP contribution in [0.5, 0.6) is 11.5 Å². The standard InChI is InChI=1S/C20H25N3O4/c1-14(20(25)22-16-6-5-7-18(12-16)27-4)23(2)13-19(24)21-15-8-10-17(26-3)11-9-15/h5-12,14H,13H2,1-4H3,(H,21,24)(H,22,25)/t14-/m0/s1. The predicted octanol–water partition coefficient (Wildman–Crippen LogP) is 2.60. The van der Waals surface area contributed by atoms with Gasteiger partial charge in [0.25, 0.3) is 0 Å². The third-order valence-corrected chi connectivity index (χ3v) is 4.14. The molecule has 144 valence electrons. The fourth-order valence-corrected chi connectivity index (χ4v) is 2.39. The Morgan fingerprint density at radius 3 is 2.26 bits per heavy atom. The minimum atomic E-state index is -0.488. The van der Waals surface area contributed by atoms with Gasteiger partial charge in [0.1, 0.15) is 11.5 Å². The summed E-state index contributed by atoms with van der Waals surface area (Å²) < 4.78 is 10.2. The average molecular weight is 371 g/mol. The summed E-state index contributed by atoms with van der Waals surface area (Å²) in [5, 5.41) is 5.63. The molecule has 27 heavy (non-hydrogen) atoms. The number of carbonyl (C=O) groups is 2. The second-order valence-corrected chi connectivity index (χ2v) is 6.09. The molecular formula is C20H25N3O4. The molecule has 0 bridgehead atoms. The first-order valence-electron chi connectivity index (χ1n) is 8.52. The largest absolute Gasteiger partial charge is 0.497 e. The lowest BCUT2D eigenvalue weighted by Crippen LogP contribution is -2.43. The lowest BCUT2D eigenvalue weighted by molar-refractivity contribution is -0.122. The van der Waals surface area contributed by atoms with E-state index < -0.39 is 6.04 Å². The molecule has 1 atom stereocenters. The number of nitrogens with one attached hydrogen (secondary N) is 2. The second-order valence-electron chi connectivity index (χ2n) is 6.09. The summed E-state index contributed by atoms with van der Waals surface area (Å²) >= 11 is 0. The van der Waals surface area contributed by atoms with E-state index in [1.807, 2.05) is 0 Å². The zero-order valence-electron chi connectivity index (χ0n) is 16.0. The molecule has 0 heterocycles. The fraction of sp³-hybridized carbons (Fsp3) is 0.300. The van der Waals surface area contributed by atoms with Gasteiger partial charge in [0.15, 0.2) is 0 Å². The summed E-state index contributed by atoms with van der Waals surface area (Å²) in [5.74, 6) is 0.965. The maximum Gasteiger partial charge on any atom is 0.241 e. The van der Waals surface area contributed by atoms with Crippen molar-refractivity contribution >= 4 is 23.2 Å². The fourth-order valence-electron chi connectivity index (χ4n) is 2.39. The second kappa shape index (κ2) is 9.59. The normalized spacial score (nSPS) is 11.6. The molecule has 0 saturated heterocycles. The zero-order valence-corrected chi connectivity index (χ0v) is 16.0. The Morgan fingerprint density at radius 2 is 1.63 bits per heavy atom. The highest BCUT2D eigenvalue weighted by molar-refractivity contribution is 5.96. The van der Waals surface area contributed by atoms with E-state index in [9.17, 15) is 9.59 Å². The highest BCUT2D eigenvalue weighted by atomic mass is 16.5. The van der Waals surface area contributed by atoms with Gasteiger partial charge in [-0.1, -0.05) is 6.07 Å². The first kappa shape index (κ1) is 20.3. The Bertz CT molecular complexity index is 777. The van der Waals surface area contributed by atoms with Crippen molar-refractivity contribution in [2.24, 2.45) is 0 Å². The third-order valence-electron chi connectivity index (χ3n) is 4.14. The van der Waals surface area contributed by atoms with Crippen LogP contribution in [0.25, 0.3) is 0 Å². The van der Waals surface area contributed by atoms with E-state index in [2.05, 4.69) is 10.6 Å². The van der Waals surface area contributed by atoms with Crippen LogP contribution in [-0.4, -0.2) is 50.6 Å². The zero-order chi connectivity index (χ0) is 19.8. The number of nitrogens with zero attached hydrogens (tertiary/aromatic N) is 1. The first-order valence-corrected chi connectivity index (χ1v) is 8.52. The van der Waals surface area contributed by atoms with Gasteiger partial charge in [-0.2, -0.15) is 0 Å². The van der Waals surface area contributed by atoms with Crippen LogP contribution in [0, 0.1) is 0 Å². The highest BCUT2D eigenvalue weighted by Crippen LogP contribution is 2.17. The van der Waals surface area contributed by atoms with Gasteiger partial charge in [0.2, 0.25) is 11.8 Å². The van der Waals surface area contributed by atoms with Crippen LogP contribution in [0.2, 0.25) is 0 Å². The van der Waals surface area contributed by atoms with E-state index >= 15 is 0 Å². The van der Waals surface area contributed by atoms with E-state index in [4.69, 9.17) is 9.47 Å². The maximum atomic E-state index is 12.4. The lowest BCUT2D eigenvalue weighted by atomic mass is 10.2. The van der Waals surface area contributed by atoms with Gasteiger partial charge in [-0.15, -0.1) is 0 Å². The number of amides is 2. The summed E-state index contributed by atoms with van der Waals surface area (Å²) in [7, 11) is 4.88. The van der Waals surface area contributed by atoms with E-state index in [0.717, 1.165) is 0 Å². The molecule has 2 N–H and O–H groups in total. The van der Waals surface area contributed by atoms with Crippen molar-refractivity contribution in [2.45, 2.75) is 13.0 Å². The molecule has 0 radical (unpaired) electrons. The SMILES string of the molecule is COc1ccc(NC(=O)CN(C)[C@@H](C)C(=O)Nc2cccc(OC)c2)cc1. The van der Waals surface area contributed by atoms with Gasteiger partial charge in [0, 0.05) is 17.4 Å². The Balaban J connectivity index is 1.88. The Labute approximate surface area is 159 Å². The Kier molecular flexibility index (Phi) is 7.19. The number of rotatable bonds is 8. The first-order chi connectivity index (χ1) is 12.9. The van der Waals surface area contributed by atoms with Crippen LogP contribution >= 0.6 is 0 Å². The summed E-state index contributed by atoms with van der Waals surface area (Å²) in [5.41, 5.74) is 1.31. The minimum Gasteiger partial charge on any atom is -0.497 e. The van der Waals surface area contributed by atoms with Gasteiger partial charge in [-0.3, -0.25) is 14.5 Å². The third kappa shape index (κ3) is 6.00. The minimum absolute atomic E-state index is 0.0821. The van der Waals surface area contributed by atoms with Crippen LogP contribution in [0.4, 0.5) is 11.4 Å². The predicted molar refractivity (Wildman–Crippen MR) is 105 cm³/mol. The molecule has 2 aromatic carbocycles. The van der Waals surface area contributed by atoms with Crippen molar-refractivity contribution in [1.29, 1.82) is 0 Å². The van der Waals surface area contributed by atoms with Crippen molar-refractivity contribution in [3.8, 4) is 11.5 Å². The number of carbonyl (C=O) groups excluding carboxylic acids is 2. The molecule has 2 rings (SSSR count). The van der Waals surface area contributed by atoms with Gasteiger partial charge < -0.3 is 20.1 Å². The number of anilines is 2. The topological polar surface area (TPSA) is 79.9 Å². The van der Waals surface area contributed by atoms with Crippen molar-refractivity contribution < 1.29 is 19.1 Å². The van der Waals surface area contributed by atoms with Gasteiger partial charge in [-0.25, -0.2) is 0 Å². The Hall–Kier alpha value is -3.06. The van der Waals surface area contributed by atoms with Gasteiger partial charge >= 0.3 is 0 Å². The van der Waals surface area contributed by atoms with E-state index in [-0.39, 0.29) is 18.4 Å². The van der Waals surface area contributed by atoms with Crippen molar-refractivity contribution in [2.75, 3.05) is 38.4 Å². The van der Waals surface area contributed by atoms with Crippen molar-refractivity contribution in [1.82, 2.24) is 4.90 Å². The number of hydrogen-bond acceptors (Lipinski definition) is 5. The van der Waals surface area contributed by atoms with Gasteiger partial charge in [0.05, 0.1) is 26.8 Å². The molecule has 7 nitrogen and oxygen atoms in total. The number of hydrogen-bond donors (Lipinski definition) is 2. The van der Waals surface area contributed by atoms with Crippen molar-refractivity contribution in [3.05, 3.63) is 48.5 Å². The monoisotopic (exact) mass is 371 g/mol. The smallest absolute Gasteiger partial charge is 0.241 e. The summed E-state index contributed by atoms with van der Waals surface area (Å²) in [6, 6.07) is 13.7. The molecule has 0 aliphatic rings. The molecule has 0 aliphatic carbocycles. The molecule has 2 aromatic rings. The van der Waals surface area contributed by atoms with Gasteiger partial charge in [-0.05, 0) is 50.4 Å². The summed E-state index contributed by atoms with van der Waals surface area (Å²) in [6.07, 6.45) is 0. The summed E-state index contributed by atoms with van der Waals surface area (Å²) in [6.45, 7) is 1.83. The van der Waals surface area contributed by atoms with Crippen molar-refractivity contribution in [3.63, 3.8) is 0 Å². The van der Waals surface area contributed by atoms with Crippen LogP contribution in [0.3, 0.4) is 0 Å². The number of likely N-dealkylation sites (N-methyl/N-ethyl adjacent to an activating group) is 1. The lowest BCUT2D eigenvalue weighted by Gasteiger charge is -2.23. The van der Waals surface area contributed by atoms with E-state index in [1.54, 1.807) is 81.6 Å². The number of benzene rings is 2.